The van der Waals surface area contributed by atoms with E-state index in [1.807, 2.05) is 11.8 Å². The molecule has 18 heavy (non-hydrogen) atoms. The summed E-state index contributed by atoms with van der Waals surface area (Å²) in [5.41, 5.74) is 0.977. The van der Waals surface area contributed by atoms with Crippen LogP contribution in [0.25, 0.3) is 5.65 Å². The van der Waals surface area contributed by atoms with Crippen molar-refractivity contribution >= 4 is 23.4 Å². The molecule has 0 radical (unpaired) electrons. The molecule has 0 aromatic carbocycles. The van der Waals surface area contributed by atoms with E-state index in [4.69, 9.17) is 5.11 Å². The third kappa shape index (κ3) is 2.08. The van der Waals surface area contributed by atoms with Gasteiger partial charge in [0.25, 0.3) is 0 Å². The van der Waals surface area contributed by atoms with Crippen molar-refractivity contribution in [3.8, 4) is 0 Å². The fraction of sp³-hybridized carbons (Fsp3) is 0.417. The van der Waals surface area contributed by atoms with Gasteiger partial charge in [-0.1, -0.05) is 0 Å². The van der Waals surface area contributed by atoms with Crippen molar-refractivity contribution in [1.82, 2.24) is 14.6 Å². The van der Waals surface area contributed by atoms with Gasteiger partial charge in [-0.3, -0.25) is 4.40 Å². The first-order valence-corrected chi connectivity index (χ1v) is 7.04. The standard InChI is InChI=1S/C12H13N3O2S/c16-12(17)9-1-2-10-13-14-11(15(10)6-9)5-8-3-4-18-7-8/h1-2,6,8H,3-5,7H2,(H,16,17). The van der Waals surface area contributed by atoms with Crippen molar-refractivity contribution in [1.29, 1.82) is 0 Å². The van der Waals surface area contributed by atoms with Gasteiger partial charge < -0.3 is 5.11 Å². The minimum atomic E-state index is -0.923. The summed E-state index contributed by atoms with van der Waals surface area (Å²) in [4.78, 5) is 11.0. The van der Waals surface area contributed by atoms with E-state index in [9.17, 15) is 4.79 Å². The maximum Gasteiger partial charge on any atom is 0.337 e. The number of carboxylic acids is 1. The van der Waals surface area contributed by atoms with E-state index in [0.29, 0.717) is 11.6 Å². The Kier molecular flexibility index (Phi) is 2.95. The molecule has 1 atom stereocenters. The zero-order valence-electron chi connectivity index (χ0n) is 9.74. The lowest BCUT2D eigenvalue weighted by molar-refractivity contribution is 0.0696. The third-order valence-electron chi connectivity index (χ3n) is 3.22. The summed E-state index contributed by atoms with van der Waals surface area (Å²) in [7, 11) is 0. The largest absolute Gasteiger partial charge is 0.478 e. The molecule has 1 saturated heterocycles. The molecule has 0 amide bonds. The molecule has 6 heteroatoms. The Morgan fingerprint density at radius 2 is 2.39 bits per heavy atom. The highest BCUT2D eigenvalue weighted by atomic mass is 32.2. The molecule has 0 bridgehead atoms. The first kappa shape index (κ1) is 11.5. The Bertz CT molecular complexity index is 590. The predicted molar refractivity (Wildman–Crippen MR) is 69.1 cm³/mol. The Morgan fingerprint density at radius 1 is 1.50 bits per heavy atom. The number of hydrogen-bond acceptors (Lipinski definition) is 4. The second kappa shape index (κ2) is 4.61. The summed E-state index contributed by atoms with van der Waals surface area (Å²) in [6.45, 7) is 0. The van der Waals surface area contributed by atoms with Crippen LogP contribution in [0.1, 0.15) is 22.6 Å². The van der Waals surface area contributed by atoms with Gasteiger partial charge in [0.1, 0.15) is 5.82 Å². The number of fused-ring (bicyclic) bond motifs is 1. The molecular formula is C12H13N3O2S. The topological polar surface area (TPSA) is 67.5 Å². The number of aromatic nitrogens is 3. The van der Waals surface area contributed by atoms with Crippen LogP contribution in [-0.2, 0) is 6.42 Å². The van der Waals surface area contributed by atoms with E-state index in [0.717, 1.165) is 18.0 Å². The Morgan fingerprint density at radius 3 is 3.11 bits per heavy atom. The number of carbonyl (C=O) groups is 1. The molecule has 1 aliphatic heterocycles. The molecule has 3 rings (SSSR count). The quantitative estimate of drug-likeness (QED) is 0.913. The lowest BCUT2D eigenvalue weighted by Crippen LogP contribution is -2.07. The fourth-order valence-electron chi connectivity index (χ4n) is 2.21. The molecule has 5 nitrogen and oxygen atoms in total. The fourth-order valence-corrected chi connectivity index (χ4v) is 3.49. The minimum Gasteiger partial charge on any atom is -0.478 e. The molecule has 1 unspecified atom stereocenters. The van der Waals surface area contributed by atoms with Crippen LogP contribution in [0.15, 0.2) is 18.3 Å². The van der Waals surface area contributed by atoms with Gasteiger partial charge in [-0.2, -0.15) is 11.8 Å². The van der Waals surface area contributed by atoms with E-state index < -0.39 is 5.97 Å². The molecule has 3 heterocycles. The smallest absolute Gasteiger partial charge is 0.337 e. The Hall–Kier alpha value is -1.56. The number of nitrogens with zero attached hydrogens (tertiary/aromatic N) is 3. The Labute approximate surface area is 108 Å². The summed E-state index contributed by atoms with van der Waals surface area (Å²) in [5.74, 6) is 2.94. The second-order valence-electron chi connectivity index (χ2n) is 4.50. The van der Waals surface area contributed by atoms with Crippen LogP contribution in [0, 0.1) is 5.92 Å². The van der Waals surface area contributed by atoms with Gasteiger partial charge in [-0.15, -0.1) is 10.2 Å². The highest BCUT2D eigenvalue weighted by molar-refractivity contribution is 7.99. The van der Waals surface area contributed by atoms with Gasteiger partial charge >= 0.3 is 5.97 Å². The highest BCUT2D eigenvalue weighted by Crippen LogP contribution is 2.26. The van der Waals surface area contributed by atoms with Crippen LogP contribution in [0.3, 0.4) is 0 Å². The van der Waals surface area contributed by atoms with Crippen molar-refractivity contribution in [3.05, 3.63) is 29.7 Å². The molecule has 0 spiro atoms. The lowest BCUT2D eigenvalue weighted by Gasteiger charge is -2.06. The molecule has 94 valence electrons. The van der Waals surface area contributed by atoms with E-state index in [1.165, 1.54) is 12.2 Å². The number of carboxylic acid groups (broad SMARTS) is 1. The van der Waals surface area contributed by atoms with Crippen LogP contribution in [0.5, 0.6) is 0 Å². The summed E-state index contributed by atoms with van der Waals surface area (Å²) >= 11 is 1.97. The summed E-state index contributed by atoms with van der Waals surface area (Å²) in [6.07, 6.45) is 3.69. The van der Waals surface area contributed by atoms with Crippen molar-refractivity contribution in [2.45, 2.75) is 12.8 Å². The van der Waals surface area contributed by atoms with Crippen LogP contribution in [0.2, 0.25) is 0 Å². The average molecular weight is 263 g/mol. The van der Waals surface area contributed by atoms with E-state index in [1.54, 1.807) is 22.7 Å². The molecule has 2 aromatic heterocycles. The first-order chi connectivity index (χ1) is 8.74. The monoisotopic (exact) mass is 263 g/mol. The molecule has 2 aromatic rings. The number of pyridine rings is 1. The van der Waals surface area contributed by atoms with Crippen molar-refractivity contribution in [2.75, 3.05) is 11.5 Å². The highest BCUT2D eigenvalue weighted by Gasteiger charge is 2.19. The molecule has 1 fully saturated rings. The summed E-state index contributed by atoms with van der Waals surface area (Å²) in [5, 5.41) is 17.2. The molecule has 0 aliphatic carbocycles. The van der Waals surface area contributed by atoms with Gasteiger partial charge in [-0.25, -0.2) is 4.79 Å². The maximum atomic E-state index is 11.0. The van der Waals surface area contributed by atoms with Gasteiger partial charge in [0.15, 0.2) is 5.65 Å². The van der Waals surface area contributed by atoms with E-state index in [-0.39, 0.29) is 5.56 Å². The lowest BCUT2D eigenvalue weighted by atomic mass is 10.1. The summed E-state index contributed by atoms with van der Waals surface area (Å²) in [6, 6.07) is 3.25. The van der Waals surface area contributed by atoms with E-state index in [2.05, 4.69) is 10.2 Å². The molecular weight excluding hydrogens is 250 g/mol. The minimum absolute atomic E-state index is 0.268. The van der Waals surface area contributed by atoms with Crippen LogP contribution < -0.4 is 0 Å². The van der Waals surface area contributed by atoms with Crippen LogP contribution >= 0.6 is 11.8 Å². The van der Waals surface area contributed by atoms with Crippen molar-refractivity contribution < 1.29 is 9.90 Å². The van der Waals surface area contributed by atoms with E-state index >= 15 is 0 Å². The molecule has 1 N–H and O–H groups in total. The maximum absolute atomic E-state index is 11.0. The SMILES string of the molecule is O=C(O)c1ccc2nnc(CC3CCSC3)n2c1. The first-order valence-electron chi connectivity index (χ1n) is 5.89. The molecule has 0 saturated carbocycles. The van der Waals surface area contributed by atoms with Gasteiger partial charge in [-0.05, 0) is 36.0 Å². The van der Waals surface area contributed by atoms with Crippen LogP contribution in [-0.4, -0.2) is 37.2 Å². The zero-order valence-corrected chi connectivity index (χ0v) is 10.6. The van der Waals surface area contributed by atoms with Gasteiger partial charge in [0, 0.05) is 12.6 Å². The van der Waals surface area contributed by atoms with Crippen LogP contribution in [0.4, 0.5) is 0 Å². The Balaban J connectivity index is 1.95. The third-order valence-corrected chi connectivity index (χ3v) is 4.45. The normalized spacial score (nSPS) is 19.4. The number of rotatable bonds is 3. The van der Waals surface area contributed by atoms with Crippen molar-refractivity contribution in [2.24, 2.45) is 5.92 Å². The summed E-state index contributed by atoms with van der Waals surface area (Å²) < 4.78 is 1.80. The number of hydrogen-bond donors (Lipinski definition) is 1. The van der Waals surface area contributed by atoms with Gasteiger partial charge in [0.2, 0.25) is 0 Å². The average Bonchev–Trinajstić information content (AvgIpc) is 2.99. The molecule has 1 aliphatic rings. The van der Waals surface area contributed by atoms with Crippen molar-refractivity contribution in [3.63, 3.8) is 0 Å². The van der Waals surface area contributed by atoms with Gasteiger partial charge in [0.05, 0.1) is 5.56 Å². The second-order valence-corrected chi connectivity index (χ2v) is 5.65. The number of aromatic carboxylic acids is 1. The zero-order chi connectivity index (χ0) is 12.5. The predicted octanol–water partition coefficient (Wildman–Crippen LogP) is 1.72. The number of thioether (sulfide) groups is 1.